The number of carbonyl (C=O) groups excluding carboxylic acids is 1. The summed E-state index contributed by atoms with van der Waals surface area (Å²) in [4.78, 5) is 10.1. The predicted molar refractivity (Wildman–Crippen MR) is 89.0 cm³/mol. The van der Waals surface area contributed by atoms with E-state index < -0.39 is 0 Å². The maximum absolute atomic E-state index is 10.1. The van der Waals surface area contributed by atoms with Crippen molar-refractivity contribution >= 4 is 6.29 Å². The molecule has 1 heteroatoms. The summed E-state index contributed by atoms with van der Waals surface area (Å²) in [5.74, 6) is 24.1. The zero-order chi connectivity index (χ0) is 15.4. The molecule has 0 radical (unpaired) electrons. The molecule has 0 saturated heterocycles. The first-order valence-electron chi connectivity index (χ1n) is 7.68. The molecule has 0 amide bonds. The average Bonchev–Trinajstić information content (AvgIpc) is 2.50. The molecule has 0 aliphatic rings. The number of rotatable bonds is 6. The van der Waals surface area contributed by atoms with Crippen LogP contribution in [0.2, 0.25) is 0 Å². The largest absolute Gasteiger partial charge is 0.303 e. The molecule has 0 aromatic rings. The minimum Gasteiger partial charge on any atom is -0.303 e. The van der Waals surface area contributed by atoms with E-state index in [2.05, 4.69) is 54.3 Å². The van der Waals surface area contributed by atoms with Crippen molar-refractivity contribution in [2.75, 3.05) is 0 Å². The number of carbonyl (C=O) groups is 1. The van der Waals surface area contributed by atoms with Crippen molar-refractivity contribution in [3.05, 3.63) is 0 Å². The molecular formula is C20H24O. The van der Waals surface area contributed by atoms with Crippen LogP contribution in [0.3, 0.4) is 0 Å². The van der Waals surface area contributed by atoms with Gasteiger partial charge in [-0.1, -0.05) is 55.3 Å². The molecule has 0 saturated carbocycles. The van der Waals surface area contributed by atoms with Crippen molar-refractivity contribution < 1.29 is 4.79 Å². The SMILES string of the molecule is CCCCCC#CCC#CCC#CCC#CCCCC=O. The first-order valence-corrected chi connectivity index (χ1v) is 7.68. The highest BCUT2D eigenvalue weighted by Crippen LogP contribution is 1.96. The van der Waals surface area contributed by atoms with Gasteiger partial charge >= 0.3 is 0 Å². The van der Waals surface area contributed by atoms with Gasteiger partial charge in [0.2, 0.25) is 0 Å². The molecule has 0 aliphatic heterocycles. The van der Waals surface area contributed by atoms with Gasteiger partial charge in [-0.3, -0.25) is 0 Å². The van der Waals surface area contributed by atoms with E-state index in [0.717, 1.165) is 25.5 Å². The van der Waals surface area contributed by atoms with E-state index in [4.69, 9.17) is 0 Å². The van der Waals surface area contributed by atoms with E-state index in [9.17, 15) is 4.79 Å². The summed E-state index contributed by atoms with van der Waals surface area (Å²) in [6.45, 7) is 2.19. The Balaban J connectivity index is 3.56. The molecule has 1 nitrogen and oxygen atoms in total. The third kappa shape index (κ3) is 17.9. The molecule has 110 valence electrons. The van der Waals surface area contributed by atoms with Gasteiger partial charge in [-0.25, -0.2) is 0 Å². The minimum absolute atomic E-state index is 0.583. The van der Waals surface area contributed by atoms with Gasteiger partial charge in [0.05, 0.1) is 19.3 Å². The Kier molecular flexibility index (Phi) is 16.1. The first-order chi connectivity index (χ1) is 10.4. The number of hydrogen-bond donors (Lipinski definition) is 0. The van der Waals surface area contributed by atoms with Crippen LogP contribution in [0.5, 0.6) is 0 Å². The summed E-state index contributed by atoms with van der Waals surface area (Å²) in [6, 6.07) is 0. The van der Waals surface area contributed by atoms with Gasteiger partial charge in [-0.05, 0) is 12.8 Å². The lowest BCUT2D eigenvalue weighted by Crippen LogP contribution is -1.73. The van der Waals surface area contributed by atoms with Gasteiger partial charge in [-0.2, -0.15) is 0 Å². The second-order valence-corrected chi connectivity index (χ2v) is 4.46. The fourth-order valence-corrected chi connectivity index (χ4v) is 1.42. The predicted octanol–water partition coefficient (Wildman–Crippen LogP) is 4.12. The van der Waals surface area contributed by atoms with Crippen molar-refractivity contribution in [1.29, 1.82) is 0 Å². The number of unbranched alkanes of at least 4 members (excludes halogenated alkanes) is 5. The second-order valence-electron chi connectivity index (χ2n) is 4.46. The normalized spacial score (nSPS) is 7.86. The van der Waals surface area contributed by atoms with Crippen LogP contribution in [-0.4, -0.2) is 6.29 Å². The van der Waals surface area contributed by atoms with Crippen LogP contribution in [-0.2, 0) is 4.79 Å². The topological polar surface area (TPSA) is 17.1 Å². The molecule has 0 atom stereocenters. The molecular weight excluding hydrogens is 256 g/mol. The highest BCUT2D eigenvalue weighted by Gasteiger charge is 1.80. The van der Waals surface area contributed by atoms with E-state index >= 15 is 0 Å². The monoisotopic (exact) mass is 280 g/mol. The lowest BCUT2D eigenvalue weighted by molar-refractivity contribution is -0.107. The Morgan fingerprint density at radius 3 is 1.62 bits per heavy atom. The second kappa shape index (κ2) is 17.9. The summed E-state index contributed by atoms with van der Waals surface area (Å²) in [5.41, 5.74) is 0. The van der Waals surface area contributed by atoms with Crippen molar-refractivity contribution in [2.24, 2.45) is 0 Å². The van der Waals surface area contributed by atoms with Crippen LogP contribution < -0.4 is 0 Å². The lowest BCUT2D eigenvalue weighted by Gasteiger charge is -1.87. The summed E-state index contributed by atoms with van der Waals surface area (Å²) < 4.78 is 0. The van der Waals surface area contributed by atoms with E-state index in [0.29, 0.717) is 25.7 Å². The minimum atomic E-state index is 0.583. The molecule has 0 fully saturated rings. The summed E-state index contributed by atoms with van der Waals surface area (Å²) in [6.07, 6.45) is 9.63. The van der Waals surface area contributed by atoms with E-state index in [-0.39, 0.29) is 0 Å². The molecule has 0 unspecified atom stereocenters. The van der Waals surface area contributed by atoms with Crippen LogP contribution >= 0.6 is 0 Å². The van der Waals surface area contributed by atoms with Crippen molar-refractivity contribution in [3.63, 3.8) is 0 Å². The quantitative estimate of drug-likeness (QED) is 0.406. The third-order valence-corrected chi connectivity index (χ3v) is 2.56. The van der Waals surface area contributed by atoms with Gasteiger partial charge in [0, 0.05) is 19.3 Å². The Labute approximate surface area is 130 Å². The Bertz CT molecular complexity index is 497. The van der Waals surface area contributed by atoms with Crippen molar-refractivity contribution in [1.82, 2.24) is 0 Å². The summed E-state index contributed by atoms with van der Waals surface area (Å²) in [7, 11) is 0. The Hall–Kier alpha value is -2.09. The van der Waals surface area contributed by atoms with E-state index in [1.807, 2.05) is 0 Å². The van der Waals surface area contributed by atoms with Gasteiger partial charge in [-0.15, -0.1) is 11.8 Å². The third-order valence-electron chi connectivity index (χ3n) is 2.56. The molecule has 0 spiro atoms. The maximum Gasteiger partial charge on any atom is 0.120 e. The molecule has 0 bridgehead atoms. The van der Waals surface area contributed by atoms with E-state index in [1.54, 1.807) is 0 Å². The smallest absolute Gasteiger partial charge is 0.120 e. The fourth-order valence-electron chi connectivity index (χ4n) is 1.42. The molecule has 0 rings (SSSR count). The number of aldehydes is 1. The summed E-state index contributed by atoms with van der Waals surface area (Å²) >= 11 is 0. The number of hydrogen-bond acceptors (Lipinski definition) is 1. The maximum atomic E-state index is 10.1. The van der Waals surface area contributed by atoms with Crippen LogP contribution in [0.4, 0.5) is 0 Å². The first kappa shape index (κ1) is 18.9. The molecule has 0 aromatic heterocycles. The van der Waals surface area contributed by atoms with Crippen LogP contribution in [0.25, 0.3) is 0 Å². The Morgan fingerprint density at radius 1 is 0.667 bits per heavy atom. The van der Waals surface area contributed by atoms with Gasteiger partial charge in [0.15, 0.2) is 0 Å². The molecule has 0 aromatic carbocycles. The highest BCUT2D eigenvalue weighted by atomic mass is 16.1. The van der Waals surface area contributed by atoms with Gasteiger partial charge in [0.25, 0.3) is 0 Å². The highest BCUT2D eigenvalue weighted by molar-refractivity contribution is 5.49. The molecule has 0 heterocycles. The summed E-state index contributed by atoms with van der Waals surface area (Å²) in [5, 5.41) is 0. The lowest BCUT2D eigenvalue weighted by atomic mass is 10.2. The van der Waals surface area contributed by atoms with Crippen molar-refractivity contribution in [2.45, 2.75) is 71.1 Å². The van der Waals surface area contributed by atoms with Crippen LogP contribution in [0.1, 0.15) is 71.1 Å². The van der Waals surface area contributed by atoms with Gasteiger partial charge in [0.1, 0.15) is 6.29 Å². The standard InChI is InChI=1S/C20H24O/c1-2-3-4-5-6-7-8-9-10-11-12-13-14-15-16-17-18-19-20-21/h20H,2-5,8,11,14,17-19H2,1H3. The molecule has 0 aliphatic carbocycles. The fraction of sp³-hybridized carbons (Fsp3) is 0.550. The zero-order valence-corrected chi connectivity index (χ0v) is 13.1. The Morgan fingerprint density at radius 2 is 1.14 bits per heavy atom. The van der Waals surface area contributed by atoms with Crippen LogP contribution in [0.15, 0.2) is 0 Å². The van der Waals surface area contributed by atoms with Crippen LogP contribution in [0, 0.1) is 47.4 Å². The van der Waals surface area contributed by atoms with Gasteiger partial charge < -0.3 is 4.79 Å². The molecule has 21 heavy (non-hydrogen) atoms. The average molecular weight is 280 g/mol. The van der Waals surface area contributed by atoms with Crippen molar-refractivity contribution in [3.8, 4) is 47.4 Å². The zero-order valence-electron chi connectivity index (χ0n) is 13.1. The van der Waals surface area contributed by atoms with E-state index in [1.165, 1.54) is 19.3 Å². The molecule has 0 N–H and O–H groups in total.